The van der Waals surface area contributed by atoms with E-state index in [0.29, 0.717) is 12.4 Å². The van der Waals surface area contributed by atoms with E-state index in [1.54, 1.807) is 6.20 Å². The average molecular weight is 267 g/mol. The van der Waals surface area contributed by atoms with E-state index in [1.807, 2.05) is 31.3 Å². The van der Waals surface area contributed by atoms with Gasteiger partial charge >= 0.3 is 0 Å². The molecule has 0 aliphatic rings. The summed E-state index contributed by atoms with van der Waals surface area (Å²) in [7, 11) is 1.88. The lowest BCUT2D eigenvalue weighted by Crippen LogP contribution is -2.03. The van der Waals surface area contributed by atoms with Crippen LogP contribution in [0.3, 0.4) is 0 Å². The van der Waals surface area contributed by atoms with E-state index in [-0.39, 0.29) is 0 Å². The minimum Gasteiger partial charge on any atom is -0.440 e. The van der Waals surface area contributed by atoms with E-state index in [1.165, 1.54) is 0 Å². The number of nitrogens with zero attached hydrogens (tertiary/aromatic N) is 1. The molecule has 1 aromatic carbocycles. The molecule has 1 N–H and O–H groups in total. The first kappa shape index (κ1) is 10.4. The summed E-state index contributed by atoms with van der Waals surface area (Å²) in [5.74, 6) is 1.48. The number of hydrogen-bond acceptors (Lipinski definition) is 3. The number of rotatable bonds is 3. The number of nitrogens with one attached hydrogen (secondary N) is 1. The Morgan fingerprint density at radius 2 is 2.20 bits per heavy atom. The molecular weight excluding hydrogens is 256 g/mol. The Hall–Kier alpha value is -1.13. The first-order valence-electron chi connectivity index (χ1n) is 4.65. The highest BCUT2D eigenvalue weighted by Gasteiger charge is 2.08. The standard InChI is InChI=1S/C11H11BrN2O/c1-13-6-8-7-14-11(15-8)9-4-2-3-5-10(9)12/h2-5,7,13H,6H2,1H3. The van der Waals surface area contributed by atoms with Crippen molar-refractivity contribution in [1.82, 2.24) is 10.3 Å². The molecule has 78 valence electrons. The van der Waals surface area contributed by atoms with Gasteiger partial charge in [0.1, 0.15) is 5.76 Å². The molecule has 0 fully saturated rings. The average Bonchev–Trinajstić information content (AvgIpc) is 2.68. The summed E-state index contributed by atoms with van der Waals surface area (Å²) in [6.07, 6.45) is 1.74. The molecule has 0 spiro atoms. The Morgan fingerprint density at radius 1 is 1.40 bits per heavy atom. The van der Waals surface area contributed by atoms with Crippen LogP contribution in [-0.2, 0) is 6.54 Å². The molecule has 15 heavy (non-hydrogen) atoms. The van der Waals surface area contributed by atoms with Gasteiger partial charge in [-0.2, -0.15) is 0 Å². The molecule has 0 unspecified atom stereocenters. The number of benzene rings is 1. The SMILES string of the molecule is CNCc1cnc(-c2ccccc2Br)o1. The maximum Gasteiger partial charge on any atom is 0.227 e. The summed E-state index contributed by atoms with van der Waals surface area (Å²) in [6, 6.07) is 7.86. The molecule has 2 aromatic rings. The van der Waals surface area contributed by atoms with Crippen LogP contribution in [0.25, 0.3) is 11.5 Å². The lowest BCUT2D eigenvalue weighted by atomic mass is 10.2. The minimum absolute atomic E-state index is 0.646. The quantitative estimate of drug-likeness (QED) is 0.929. The maximum atomic E-state index is 5.59. The van der Waals surface area contributed by atoms with Crippen molar-refractivity contribution in [1.29, 1.82) is 0 Å². The van der Waals surface area contributed by atoms with E-state index in [9.17, 15) is 0 Å². The molecule has 2 rings (SSSR count). The molecule has 0 aliphatic heterocycles. The Morgan fingerprint density at radius 3 is 2.93 bits per heavy atom. The zero-order valence-corrected chi connectivity index (χ0v) is 9.91. The van der Waals surface area contributed by atoms with Gasteiger partial charge in [-0.05, 0) is 35.1 Å². The lowest BCUT2D eigenvalue weighted by Gasteiger charge is -1.98. The van der Waals surface area contributed by atoms with Crippen LogP contribution in [0.2, 0.25) is 0 Å². The van der Waals surface area contributed by atoms with Gasteiger partial charge in [-0.15, -0.1) is 0 Å². The highest BCUT2D eigenvalue weighted by Crippen LogP contribution is 2.27. The van der Waals surface area contributed by atoms with E-state index < -0.39 is 0 Å². The third-order valence-corrected chi connectivity index (χ3v) is 2.70. The first-order chi connectivity index (χ1) is 7.31. The predicted molar refractivity (Wildman–Crippen MR) is 62.4 cm³/mol. The molecule has 0 bridgehead atoms. The molecule has 3 nitrogen and oxygen atoms in total. The lowest BCUT2D eigenvalue weighted by molar-refractivity contribution is 0.503. The number of oxazole rings is 1. The Kier molecular flexibility index (Phi) is 3.18. The van der Waals surface area contributed by atoms with Gasteiger partial charge in [0.2, 0.25) is 5.89 Å². The fraction of sp³-hybridized carbons (Fsp3) is 0.182. The van der Waals surface area contributed by atoms with Crippen LogP contribution < -0.4 is 5.32 Å². The molecule has 4 heteroatoms. The smallest absolute Gasteiger partial charge is 0.227 e. The summed E-state index contributed by atoms with van der Waals surface area (Å²) in [5, 5.41) is 3.02. The molecule has 0 aliphatic carbocycles. The second-order valence-corrected chi connectivity index (χ2v) is 4.00. The maximum absolute atomic E-state index is 5.59. The minimum atomic E-state index is 0.646. The molecule has 1 heterocycles. The molecule has 1 aromatic heterocycles. The molecule has 0 saturated carbocycles. The largest absolute Gasteiger partial charge is 0.440 e. The highest BCUT2D eigenvalue weighted by molar-refractivity contribution is 9.10. The summed E-state index contributed by atoms with van der Waals surface area (Å²) in [5.41, 5.74) is 0.972. The second kappa shape index (κ2) is 4.59. The molecular formula is C11H11BrN2O. The van der Waals surface area contributed by atoms with Crippen molar-refractivity contribution in [3.63, 3.8) is 0 Å². The van der Waals surface area contributed by atoms with Gasteiger partial charge in [-0.25, -0.2) is 4.98 Å². The van der Waals surface area contributed by atoms with Crippen molar-refractivity contribution in [2.24, 2.45) is 0 Å². The third-order valence-electron chi connectivity index (χ3n) is 2.01. The predicted octanol–water partition coefficient (Wildman–Crippen LogP) is 2.82. The van der Waals surface area contributed by atoms with Crippen LogP contribution in [-0.4, -0.2) is 12.0 Å². The zero-order valence-electron chi connectivity index (χ0n) is 8.33. The first-order valence-corrected chi connectivity index (χ1v) is 5.45. The van der Waals surface area contributed by atoms with Crippen LogP contribution in [0, 0.1) is 0 Å². The Labute approximate surface area is 96.6 Å². The van der Waals surface area contributed by atoms with Crippen molar-refractivity contribution in [3.05, 3.63) is 40.7 Å². The summed E-state index contributed by atoms with van der Waals surface area (Å²) in [4.78, 5) is 4.23. The highest BCUT2D eigenvalue weighted by atomic mass is 79.9. The van der Waals surface area contributed by atoms with Gasteiger partial charge in [0.15, 0.2) is 0 Å². The molecule has 0 saturated heterocycles. The van der Waals surface area contributed by atoms with Gasteiger partial charge in [0.25, 0.3) is 0 Å². The monoisotopic (exact) mass is 266 g/mol. The van der Waals surface area contributed by atoms with Crippen molar-refractivity contribution < 1.29 is 4.42 Å². The van der Waals surface area contributed by atoms with Crippen molar-refractivity contribution >= 4 is 15.9 Å². The van der Waals surface area contributed by atoms with Gasteiger partial charge in [0.05, 0.1) is 18.3 Å². The van der Waals surface area contributed by atoms with Crippen molar-refractivity contribution in [3.8, 4) is 11.5 Å². The Bertz CT molecular complexity index is 453. The normalized spacial score (nSPS) is 10.5. The summed E-state index contributed by atoms with van der Waals surface area (Å²) >= 11 is 3.47. The van der Waals surface area contributed by atoms with Crippen LogP contribution >= 0.6 is 15.9 Å². The molecule has 0 atom stereocenters. The van der Waals surface area contributed by atoms with Gasteiger partial charge in [0, 0.05) is 4.47 Å². The van der Waals surface area contributed by atoms with E-state index in [0.717, 1.165) is 15.8 Å². The van der Waals surface area contributed by atoms with Crippen molar-refractivity contribution in [2.75, 3.05) is 7.05 Å². The van der Waals surface area contributed by atoms with Crippen LogP contribution in [0.15, 0.2) is 39.4 Å². The molecule has 0 radical (unpaired) electrons. The Balaban J connectivity index is 2.33. The van der Waals surface area contributed by atoms with E-state index >= 15 is 0 Å². The third kappa shape index (κ3) is 2.27. The van der Waals surface area contributed by atoms with Gasteiger partial charge in [-0.1, -0.05) is 12.1 Å². The summed E-state index contributed by atoms with van der Waals surface area (Å²) < 4.78 is 6.58. The molecule has 0 amide bonds. The number of halogens is 1. The number of aromatic nitrogens is 1. The van der Waals surface area contributed by atoms with Crippen LogP contribution in [0.5, 0.6) is 0 Å². The van der Waals surface area contributed by atoms with Crippen molar-refractivity contribution in [2.45, 2.75) is 6.54 Å². The van der Waals surface area contributed by atoms with E-state index in [4.69, 9.17) is 4.42 Å². The summed E-state index contributed by atoms with van der Waals surface area (Å²) in [6.45, 7) is 0.692. The fourth-order valence-electron chi connectivity index (χ4n) is 1.32. The zero-order chi connectivity index (χ0) is 10.7. The number of hydrogen-bond donors (Lipinski definition) is 1. The fourth-order valence-corrected chi connectivity index (χ4v) is 1.78. The second-order valence-electron chi connectivity index (χ2n) is 3.14. The van der Waals surface area contributed by atoms with Gasteiger partial charge < -0.3 is 9.73 Å². The topological polar surface area (TPSA) is 38.1 Å². The van der Waals surface area contributed by atoms with Crippen LogP contribution in [0.1, 0.15) is 5.76 Å². The van der Waals surface area contributed by atoms with E-state index in [2.05, 4.69) is 26.2 Å². The van der Waals surface area contributed by atoms with Gasteiger partial charge in [-0.3, -0.25) is 0 Å². The van der Waals surface area contributed by atoms with Crippen LogP contribution in [0.4, 0.5) is 0 Å².